The Morgan fingerprint density at radius 1 is 1.35 bits per heavy atom. The molecule has 90 valence electrons. The van der Waals surface area contributed by atoms with Crippen LogP contribution in [0, 0.1) is 6.92 Å². The van der Waals surface area contributed by atoms with Gasteiger partial charge < -0.3 is 4.74 Å². The molecule has 0 aliphatic heterocycles. The zero-order chi connectivity index (χ0) is 12.3. The van der Waals surface area contributed by atoms with E-state index in [1.807, 2.05) is 18.2 Å². The highest BCUT2D eigenvalue weighted by atomic mass is 32.1. The van der Waals surface area contributed by atoms with Crippen molar-refractivity contribution in [2.45, 2.75) is 13.0 Å². The lowest BCUT2D eigenvalue weighted by atomic mass is 10.0. The summed E-state index contributed by atoms with van der Waals surface area (Å²) in [5.41, 5.74) is 5.21. The standard InChI is InChI=1S/C13H16N2OS/c1-9-8-10(16-2)5-6-11(9)13(15-14)12-4-3-7-17-12/h3-8,13,15H,14H2,1-2H3. The second-order valence-corrected chi connectivity index (χ2v) is 4.82. The highest BCUT2D eigenvalue weighted by Crippen LogP contribution is 2.29. The van der Waals surface area contributed by atoms with Gasteiger partial charge in [-0.1, -0.05) is 12.1 Å². The average molecular weight is 248 g/mol. The zero-order valence-corrected chi connectivity index (χ0v) is 10.8. The minimum absolute atomic E-state index is 0.0425. The van der Waals surface area contributed by atoms with Crippen LogP contribution in [0.4, 0.5) is 0 Å². The highest BCUT2D eigenvalue weighted by molar-refractivity contribution is 7.10. The first-order valence-corrected chi connectivity index (χ1v) is 6.28. The van der Waals surface area contributed by atoms with Crippen molar-refractivity contribution in [1.29, 1.82) is 0 Å². The predicted octanol–water partition coefficient (Wildman–Crippen LogP) is 2.62. The number of aryl methyl sites for hydroxylation is 1. The van der Waals surface area contributed by atoms with E-state index in [-0.39, 0.29) is 6.04 Å². The molecule has 3 N–H and O–H groups in total. The maximum absolute atomic E-state index is 5.66. The second-order valence-electron chi connectivity index (χ2n) is 3.84. The Hall–Kier alpha value is -1.36. The van der Waals surface area contributed by atoms with E-state index < -0.39 is 0 Å². The molecule has 1 heterocycles. The van der Waals surface area contributed by atoms with Crippen molar-refractivity contribution in [2.24, 2.45) is 5.84 Å². The van der Waals surface area contributed by atoms with Gasteiger partial charge in [-0.05, 0) is 41.6 Å². The SMILES string of the molecule is COc1ccc(C(NN)c2cccs2)c(C)c1. The van der Waals surface area contributed by atoms with E-state index in [2.05, 4.69) is 29.9 Å². The Morgan fingerprint density at radius 2 is 2.18 bits per heavy atom. The highest BCUT2D eigenvalue weighted by Gasteiger charge is 2.15. The summed E-state index contributed by atoms with van der Waals surface area (Å²) in [5, 5.41) is 2.05. The maximum Gasteiger partial charge on any atom is 0.119 e. The summed E-state index contributed by atoms with van der Waals surface area (Å²) in [6.07, 6.45) is 0. The first-order chi connectivity index (χ1) is 8.26. The van der Waals surface area contributed by atoms with E-state index in [4.69, 9.17) is 10.6 Å². The molecule has 0 spiro atoms. The van der Waals surface area contributed by atoms with Gasteiger partial charge in [0.15, 0.2) is 0 Å². The minimum atomic E-state index is 0.0425. The lowest BCUT2D eigenvalue weighted by Gasteiger charge is -2.17. The Morgan fingerprint density at radius 3 is 2.71 bits per heavy atom. The van der Waals surface area contributed by atoms with Crippen LogP contribution in [0.1, 0.15) is 22.0 Å². The molecular formula is C13H16N2OS. The maximum atomic E-state index is 5.66. The molecule has 1 aromatic carbocycles. The number of benzene rings is 1. The van der Waals surface area contributed by atoms with E-state index >= 15 is 0 Å². The number of thiophene rings is 1. The molecule has 0 radical (unpaired) electrons. The van der Waals surface area contributed by atoms with E-state index in [0.29, 0.717) is 0 Å². The van der Waals surface area contributed by atoms with Crippen LogP contribution in [0.2, 0.25) is 0 Å². The number of methoxy groups -OCH3 is 1. The number of hydrogen-bond acceptors (Lipinski definition) is 4. The van der Waals surface area contributed by atoms with Crippen LogP contribution in [0.25, 0.3) is 0 Å². The smallest absolute Gasteiger partial charge is 0.119 e. The largest absolute Gasteiger partial charge is 0.497 e. The van der Waals surface area contributed by atoms with Crippen LogP contribution in [-0.4, -0.2) is 7.11 Å². The van der Waals surface area contributed by atoms with Gasteiger partial charge in [-0.15, -0.1) is 11.3 Å². The summed E-state index contributed by atoms with van der Waals surface area (Å²) in [7, 11) is 1.67. The Labute approximate surface area is 105 Å². The molecule has 17 heavy (non-hydrogen) atoms. The number of ether oxygens (including phenoxy) is 1. The van der Waals surface area contributed by atoms with E-state index in [1.165, 1.54) is 16.0 Å². The fraction of sp³-hybridized carbons (Fsp3) is 0.231. The molecule has 4 heteroatoms. The molecule has 0 aliphatic rings. The number of rotatable bonds is 4. The van der Waals surface area contributed by atoms with Crippen molar-refractivity contribution >= 4 is 11.3 Å². The average Bonchev–Trinajstić information content (AvgIpc) is 2.85. The fourth-order valence-electron chi connectivity index (χ4n) is 1.88. The van der Waals surface area contributed by atoms with Crippen LogP contribution in [0.5, 0.6) is 5.75 Å². The number of nitrogens with two attached hydrogens (primary N) is 1. The summed E-state index contributed by atoms with van der Waals surface area (Å²) in [4.78, 5) is 1.21. The van der Waals surface area contributed by atoms with Crippen molar-refractivity contribution in [3.05, 3.63) is 51.7 Å². The Kier molecular flexibility index (Phi) is 3.78. The quantitative estimate of drug-likeness (QED) is 0.646. The third-order valence-electron chi connectivity index (χ3n) is 2.78. The van der Waals surface area contributed by atoms with E-state index in [1.54, 1.807) is 18.4 Å². The first-order valence-electron chi connectivity index (χ1n) is 5.40. The van der Waals surface area contributed by atoms with E-state index in [0.717, 1.165) is 5.75 Å². The lowest BCUT2D eigenvalue weighted by molar-refractivity contribution is 0.414. The Bertz CT molecular complexity index is 482. The lowest BCUT2D eigenvalue weighted by Crippen LogP contribution is -2.28. The molecule has 0 saturated heterocycles. The van der Waals surface area contributed by atoms with Gasteiger partial charge in [-0.3, -0.25) is 5.84 Å². The number of hydrazine groups is 1. The molecule has 3 nitrogen and oxygen atoms in total. The van der Waals surface area contributed by atoms with Crippen LogP contribution < -0.4 is 16.0 Å². The molecule has 1 aromatic heterocycles. The number of nitrogens with one attached hydrogen (secondary N) is 1. The monoisotopic (exact) mass is 248 g/mol. The van der Waals surface area contributed by atoms with Crippen molar-refractivity contribution < 1.29 is 4.74 Å². The van der Waals surface area contributed by atoms with Gasteiger partial charge in [0.05, 0.1) is 13.2 Å². The molecule has 1 unspecified atom stereocenters. The molecular weight excluding hydrogens is 232 g/mol. The topological polar surface area (TPSA) is 47.3 Å². The zero-order valence-electron chi connectivity index (χ0n) is 9.94. The van der Waals surface area contributed by atoms with Crippen LogP contribution in [-0.2, 0) is 0 Å². The molecule has 0 amide bonds. The molecule has 0 saturated carbocycles. The van der Waals surface area contributed by atoms with Crippen molar-refractivity contribution in [3.8, 4) is 5.75 Å². The number of hydrogen-bond donors (Lipinski definition) is 2. The van der Waals surface area contributed by atoms with Gasteiger partial charge in [-0.25, -0.2) is 5.43 Å². The predicted molar refractivity (Wildman–Crippen MR) is 71.2 cm³/mol. The summed E-state index contributed by atoms with van der Waals surface area (Å²) in [6.45, 7) is 2.07. The van der Waals surface area contributed by atoms with Crippen molar-refractivity contribution in [3.63, 3.8) is 0 Å². The molecule has 1 atom stereocenters. The van der Waals surface area contributed by atoms with Crippen LogP contribution in [0.3, 0.4) is 0 Å². The van der Waals surface area contributed by atoms with Gasteiger partial charge in [0, 0.05) is 4.88 Å². The molecule has 2 rings (SSSR count). The fourth-order valence-corrected chi connectivity index (χ4v) is 2.68. The Balaban J connectivity index is 2.38. The van der Waals surface area contributed by atoms with Crippen molar-refractivity contribution in [1.82, 2.24) is 5.43 Å². The first kappa shape index (κ1) is 12.1. The summed E-state index contributed by atoms with van der Waals surface area (Å²) in [5.74, 6) is 6.53. The molecule has 0 bridgehead atoms. The van der Waals surface area contributed by atoms with Crippen molar-refractivity contribution in [2.75, 3.05) is 7.11 Å². The van der Waals surface area contributed by atoms with E-state index in [9.17, 15) is 0 Å². The molecule has 2 aromatic rings. The van der Waals surface area contributed by atoms with Gasteiger partial charge in [0.25, 0.3) is 0 Å². The summed E-state index contributed by atoms with van der Waals surface area (Å²) >= 11 is 1.70. The van der Waals surface area contributed by atoms with Gasteiger partial charge >= 0.3 is 0 Å². The molecule has 0 aliphatic carbocycles. The third kappa shape index (κ3) is 2.49. The van der Waals surface area contributed by atoms with Gasteiger partial charge in [-0.2, -0.15) is 0 Å². The second kappa shape index (κ2) is 5.31. The summed E-state index contributed by atoms with van der Waals surface area (Å²) in [6, 6.07) is 10.2. The van der Waals surface area contributed by atoms with Crippen LogP contribution in [0.15, 0.2) is 35.7 Å². The third-order valence-corrected chi connectivity index (χ3v) is 3.72. The molecule has 0 fully saturated rings. The van der Waals surface area contributed by atoms with Crippen LogP contribution >= 0.6 is 11.3 Å². The normalized spacial score (nSPS) is 12.4. The minimum Gasteiger partial charge on any atom is -0.497 e. The summed E-state index contributed by atoms with van der Waals surface area (Å²) < 4.78 is 5.21. The van der Waals surface area contributed by atoms with Gasteiger partial charge in [0.1, 0.15) is 5.75 Å². The van der Waals surface area contributed by atoms with Gasteiger partial charge in [0.2, 0.25) is 0 Å².